The summed E-state index contributed by atoms with van der Waals surface area (Å²) in [6.45, 7) is 7.30. The highest BCUT2D eigenvalue weighted by Crippen LogP contribution is 2.41. The van der Waals surface area contributed by atoms with Crippen molar-refractivity contribution < 1.29 is 9.15 Å². The van der Waals surface area contributed by atoms with Crippen LogP contribution in [0.1, 0.15) is 29.1 Å². The van der Waals surface area contributed by atoms with E-state index in [0.29, 0.717) is 0 Å². The highest BCUT2D eigenvalue weighted by atomic mass is 79.9. The predicted octanol–water partition coefficient (Wildman–Crippen LogP) is 4.72. The van der Waals surface area contributed by atoms with Crippen molar-refractivity contribution in [3.05, 3.63) is 76.2 Å². The SMILES string of the molecule is Cc1ccc(-c2ccc([C@@H]3[C@@H](c4ccccn4)NC(=S)N3CCN3CCOCC3)o2)c(Br)c1. The van der Waals surface area contributed by atoms with Gasteiger partial charge in [-0.05, 0) is 61.1 Å². The molecule has 2 aliphatic heterocycles. The first kappa shape index (κ1) is 22.5. The molecule has 1 aromatic carbocycles. The first-order valence-corrected chi connectivity index (χ1v) is 12.4. The van der Waals surface area contributed by atoms with Crippen molar-refractivity contribution in [2.45, 2.75) is 19.0 Å². The Kier molecular flexibility index (Phi) is 6.78. The zero-order valence-electron chi connectivity index (χ0n) is 18.5. The van der Waals surface area contributed by atoms with Gasteiger partial charge in [0.2, 0.25) is 0 Å². The van der Waals surface area contributed by atoms with Crippen LogP contribution in [0.25, 0.3) is 11.3 Å². The summed E-state index contributed by atoms with van der Waals surface area (Å²) in [6.07, 6.45) is 1.82. The van der Waals surface area contributed by atoms with Crippen molar-refractivity contribution in [2.75, 3.05) is 39.4 Å². The van der Waals surface area contributed by atoms with Gasteiger partial charge in [-0.3, -0.25) is 9.88 Å². The monoisotopic (exact) mass is 526 g/mol. The number of benzene rings is 1. The number of furan rings is 1. The highest BCUT2D eigenvalue weighted by Gasteiger charge is 2.41. The summed E-state index contributed by atoms with van der Waals surface area (Å²) in [5.74, 6) is 1.71. The summed E-state index contributed by atoms with van der Waals surface area (Å²) in [5, 5.41) is 4.24. The van der Waals surface area contributed by atoms with Gasteiger partial charge in [-0.25, -0.2) is 0 Å². The number of hydrogen-bond acceptors (Lipinski definition) is 5. The van der Waals surface area contributed by atoms with Gasteiger partial charge < -0.3 is 19.4 Å². The Bertz CT molecular complexity index is 1120. The third-order valence-corrected chi connectivity index (χ3v) is 7.28. The van der Waals surface area contributed by atoms with Gasteiger partial charge in [0.25, 0.3) is 0 Å². The molecule has 0 radical (unpaired) electrons. The van der Waals surface area contributed by atoms with Crippen LogP contribution in [0, 0.1) is 6.92 Å². The molecule has 33 heavy (non-hydrogen) atoms. The normalized spacial score (nSPS) is 21.4. The average Bonchev–Trinajstić information content (AvgIpc) is 3.43. The van der Waals surface area contributed by atoms with E-state index >= 15 is 0 Å². The van der Waals surface area contributed by atoms with Crippen LogP contribution in [0.3, 0.4) is 0 Å². The summed E-state index contributed by atoms with van der Waals surface area (Å²) in [4.78, 5) is 9.29. The van der Waals surface area contributed by atoms with E-state index in [1.165, 1.54) is 5.56 Å². The lowest BCUT2D eigenvalue weighted by Gasteiger charge is -2.31. The van der Waals surface area contributed by atoms with Crippen LogP contribution in [0.2, 0.25) is 0 Å². The molecule has 8 heteroatoms. The van der Waals surface area contributed by atoms with Crippen LogP contribution < -0.4 is 5.32 Å². The first-order chi connectivity index (χ1) is 16.1. The number of aryl methyl sites for hydroxylation is 1. The van der Waals surface area contributed by atoms with E-state index in [0.717, 1.165) is 71.8 Å². The standard InChI is InChI=1S/C25H27BrN4O2S/c1-17-5-6-18(19(26)16-17)21-7-8-22(32-21)24-23(20-4-2-3-9-27-20)28-25(33)30(24)11-10-29-12-14-31-15-13-29/h2-9,16,23-24H,10-15H2,1H3,(H,28,33)/t23-,24-/m1/s1. The van der Waals surface area contributed by atoms with Crippen LogP contribution in [-0.2, 0) is 4.74 Å². The first-order valence-electron chi connectivity index (χ1n) is 11.2. The van der Waals surface area contributed by atoms with Crippen LogP contribution in [0.4, 0.5) is 0 Å². The van der Waals surface area contributed by atoms with E-state index in [-0.39, 0.29) is 12.1 Å². The fourth-order valence-corrected chi connectivity index (χ4v) is 5.53. The van der Waals surface area contributed by atoms with E-state index < -0.39 is 0 Å². The van der Waals surface area contributed by atoms with Gasteiger partial charge in [0, 0.05) is 42.4 Å². The number of halogens is 1. The number of rotatable bonds is 6. The minimum atomic E-state index is -0.0798. The molecule has 3 aromatic rings. The van der Waals surface area contributed by atoms with Crippen molar-refractivity contribution >= 4 is 33.3 Å². The number of thiocarbonyl (C=S) groups is 1. The number of hydrogen-bond donors (Lipinski definition) is 1. The Balaban J connectivity index is 1.45. The molecule has 0 amide bonds. The minimum Gasteiger partial charge on any atom is -0.459 e. The summed E-state index contributed by atoms with van der Waals surface area (Å²) in [5.41, 5.74) is 3.19. The number of morpholine rings is 1. The van der Waals surface area contributed by atoms with E-state index in [1.54, 1.807) is 0 Å². The van der Waals surface area contributed by atoms with Gasteiger partial charge in [-0.1, -0.05) is 28.1 Å². The van der Waals surface area contributed by atoms with E-state index in [4.69, 9.17) is 21.4 Å². The molecule has 0 aliphatic carbocycles. The fourth-order valence-electron chi connectivity index (χ4n) is 4.51. The van der Waals surface area contributed by atoms with Crippen molar-refractivity contribution in [3.63, 3.8) is 0 Å². The Labute approximate surface area is 208 Å². The summed E-state index contributed by atoms with van der Waals surface area (Å²) >= 11 is 9.48. The molecule has 4 heterocycles. The Morgan fingerprint density at radius 2 is 1.97 bits per heavy atom. The molecule has 2 aromatic heterocycles. The minimum absolute atomic E-state index is 0.0774. The van der Waals surface area contributed by atoms with Crippen LogP contribution in [-0.4, -0.2) is 59.3 Å². The fraction of sp³-hybridized carbons (Fsp3) is 0.360. The smallest absolute Gasteiger partial charge is 0.170 e. The number of nitrogens with one attached hydrogen (secondary N) is 1. The predicted molar refractivity (Wildman–Crippen MR) is 136 cm³/mol. The van der Waals surface area contributed by atoms with Crippen molar-refractivity contribution in [3.8, 4) is 11.3 Å². The van der Waals surface area contributed by atoms with E-state index in [1.807, 2.05) is 30.5 Å². The molecule has 5 rings (SSSR count). The summed E-state index contributed by atoms with van der Waals surface area (Å²) in [7, 11) is 0. The Morgan fingerprint density at radius 3 is 2.73 bits per heavy atom. The van der Waals surface area contributed by atoms with Gasteiger partial charge in [0.05, 0.1) is 24.9 Å². The molecule has 2 aliphatic rings. The molecular formula is C25H27BrN4O2S. The van der Waals surface area contributed by atoms with Gasteiger partial charge in [0.1, 0.15) is 17.6 Å². The van der Waals surface area contributed by atoms with Crippen molar-refractivity contribution in [1.82, 2.24) is 20.1 Å². The molecule has 172 valence electrons. The lowest BCUT2D eigenvalue weighted by Crippen LogP contribution is -2.42. The third kappa shape index (κ3) is 4.84. The lowest BCUT2D eigenvalue weighted by molar-refractivity contribution is 0.0347. The molecule has 2 atom stereocenters. The van der Waals surface area contributed by atoms with Gasteiger partial charge >= 0.3 is 0 Å². The molecule has 2 fully saturated rings. The molecule has 6 nitrogen and oxygen atoms in total. The van der Waals surface area contributed by atoms with Gasteiger partial charge in [-0.15, -0.1) is 0 Å². The van der Waals surface area contributed by atoms with E-state index in [2.05, 4.69) is 67.2 Å². The Hall–Kier alpha value is -2.26. The van der Waals surface area contributed by atoms with Crippen molar-refractivity contribution in [1.29, 1.82) is 0 Å². The Morgan fingerprint density at radius 1 is 1.12 bits per heavy atom. The quantitative estimate of drug-likeness (QED) is 0.466. The highest BCUT2D eigenvalue weighted by molar-refractivity contribution is 9.10. The second-order valence-electron chi connectivity index (χ2n) is 8.46. The number of ether oxygens (including phenoxy) is 1. The van der Waals surface area contributed by atoms with Crippen LogP contribution in [0.15, 0.2) is 63.6 Å². The molecule has 0 saturated carbocycles. The maximum Gasteiger partial charge on any atom is 0.170 e. The second kappa shape index (κ2) is 9.93. The molecule has 2 saturated heterocycles. The van der Waals surface area contributed by atoms with Gasteiger partial charge in [0.15, 0.2) is 5.11 Å². The average molecular weight is 527 g/mol. The topological polar surface area (TPSA) is 53.8 Å². The zero-order valence-corrected chi connectivity index (χ0v) is 20.9. The van der Waals surface area contributed by atoms with Crippen LogP contribution >= 0.6 is 28.1 Å². The maximum absolute atomic E-state index is 6.46. The largest absolute Gasteiger partial charge is 0.459 e. The number of aromatic nitrogens is 1. The lowest BCUT2D eigenvalue weighted by atomic mass is 10.0. The number of pyridine rings is 1. The molecular weight excluding hydrogens is 500 g/mol. The maximum atomic E-state index is 6.46. The molecule has 0 spiro atoms. The van der Waals surface area contributed by atoms with Gasteiger partial charge in [-0.2, -0.15) is 0 Å². The molecule has 1 N–H and O–H groups in total. The zero-order chi connectivity index (χ0) is 22.8. The summed E-state index contributed by atoms with van der Waals surface area (Å²) in [6, 6.07) is 16.2. The molecule has 0 unspecified atom stereocenters. The number of nitrogens with zero attached hydrogens (tertiary/aromatic N) is 3. The van der Waals surface area contributed by atoms with Crippen molar-refractivity contribution in [2.24, 2.45) is 0 Å². The second-order valence-corrected chi connectivity index (χ2v) is 9.70. The van der Waals surface area contributed by atoms with E-state index in [9.17, 15) is 0 Å². The molecule has 0 bridgehead atoms. The third-order valence-electron chi connectivity index (χ3n) is 6.27. The summed E-state index contributed by atoms with van der Waals surface area (Å²) < 4.78 is 13.0. The van der Waals surface area contributed by atoms with Crippen LogP contribution in [0.5, 0.6) is 0 Å².